The number of hydrogen-bond acceptors (Lipinski definition) is 9. The summed E-state index contributed by atoms with van der Waals surface area (Å²) in [6, 6.07) is -1.01. The van der Waals surface area contributed by atoms with Crippen LogP contribution in [0.2, 0.25) is 0 Å². The predicted octanol–water partition coefficient (Wildman–Crippen LogP) is 16.0. The Morgan fingerprint density at radius 2 is 0.805 bits per heavy atom. The highest BCUT2D eigenvalue weighted by Crippen LogP contribution is 2.23. The van der Waals surface area contributed by atoms with Crippen LogP contribution < -0.4 is 5.32 Å². The van der Waals surface area contributed by atoms with Crippen molar-refractivity contribution < 1.29 is 44.9 Å². The summed E-state index contributed by atoms with van der Waals surface area (Å²) in [5, 5.41) is 65.1. The molecular weight excluding hydrogens is 963 g/mol. The van der Waals surface area contributed by atoms with Crippen LogP contribution in [-0.4, -0.2) is 98.7 Å². The molecule has 0 bridgehead atoms. The van der Waals surface area contributed by atoms with Crippen molar-refractivity contribution in [2.45, 2.75) is 345 Å². The molecule has 0 radical (unpaired) electrons. The average molecular weight is 1090 g/mol. The van der Waals surface area contributed by atoms with E-state index in [-0.39, 0.29) is 6.61 Å². The Labute approximate surface area is 473 Å². The molecule has 1 fully saturated rings. The Balaban J connectivity index is 2.14. The van der Waals surface area contributed by atoms with E-state index in [2.05, 4.69) is 67.8 Å². The molecule has 0 aromatic heterocycles. The second-order valence-corrected chi connectivity index (χ2v) is 22.7. The molecule has 10 nitrogen and oxygen atoms in total. The number of ether oxygens (including phenoxy) is 2. The Bertz CT molecular complexity index is 1420. The highest BCUT2D eigenvalue weighted by molar-refractivity contribution is 5.80. The van der Waals surface area contributed by atoms with Crippen LogP contribution >= 0.6 is 0 Å². The van der Waals surface area contributed by atoms with Crippen LogP contribution in [0.15, 0.2) is 60.8 Å². The lowest BCUT2D eigenvalue weighted by Crippen LogP contribution is -2.60. The number of rotatable bonds is 56. The topological polar surface area (TPSA) is 169 Å². The third kappa shape index (κ3) is 44.2. The number of nitrogens with one attached hydrogen (secondary N) is 1. The van der Waals surface area contributed by atoms with Crippen molar-refractivity contribution in [2.75, 3.05) is 13.2 Å². The molecule has 0 saturated carbocycles. The first kappa shape index (κ1) is 72.9. The molecule has 1 aliphatic rings. The Hall–Kier alpha value is -2.15. The van der Waals surface area contributed by atoms with E-state index in [1.165, 1.54) is 212 Å². The molecule has 8 unspecified atom stereocenters. The zero-order chi connectivity index (χ0) is 55.9. The molecule has 77 heavy (non-hydrogen) atoms. The van der Waals surface area contributed by atoms with Gasteiger partial charge in [0.15, 0.2) is 6.29 Å². The van der Waals surface area contributed by atoms with Crippen molar-refractivity contribution >= 4 is 5.91 Å². The van der Waals surface area contributed by atoms with Gasteiger partial charge in [0, 0.05) is 0 Å². The highest BCUT2D eigenvalue weighted by Gasteiger charge is 2.44. The number of carbonyl (C=O) groups excluding carboxylic acids is 1. The van der Waals surface area contributed by atoms with Crippen LogP contribution in [0.3, 0.4) is 0 Å². The molecule has 1 rings (SSSR count). The lowest BCUT2D eigenvalue weighted by atomic mass is 9.99. The molecule has 1 heterocycles. The molecule has 1 saturated heterocycles. The van der Waals surface area contributed by atoms with Crippen molar-refractivity contribution in [2.24, 2.45) is 0 Å². The average Bonchev–Trinajstić information content (AvgIpc) is 3.44. The summed E-state index contributed by atoms with van der Waals surface area (Å²) in [7, 11) is 0. The Kier molecular flexibility index (Phi) is 52.7. The summed E-state index contributed by atoms with van der Waals surface area (Å²) in [6.45, 7) is 3.61. The minimum absolute atomic E-state index is 0.300. The fraction of sp³-hybridized carbons (Fsp3) is 0.836. The second-order valence-electron chi connectivity index (χ2n) is 22.7. The van der Waals surface area contributed by atoms with Crippen LogP contribution in [0, 0.1) is 0 Å². The molecule has 450 valence electrons. The van der Waals surface area contributed by atoms with Gasteiger partial charge in [-0.2, -0.15) is 0 Å². The van der Waals surface area contributed by atoms with Gasteiger partial charge in [0.2, 0.25) is 5.91 Å². The van der Waals surface area contributed by atoms with Crippen LogP contribution in [0.1, 0.15) is 296 Å². The standard InChI is InChI=1S/C67H123NO9/c1-3-5-7-9-11-13-15-17-19-21-22-23-24-25-26-27-28-29-30-31-32-33-34-35-36-37-38-39-40-42-44-46-48-50-52-54-56-61(71)66(75)68-59(58-76-67-65(74)64(73)63(72)62(57-69)77-67)60(70)55-53-51-49-47-45-43-41-20-18-16-14-12-10-8-6-4-2/h18,20,26-27,29-30,45,47,53,55,59-65,67,69-74H,3-17,19,21-25,28,31-44,46,48-52,54,56-58H2,1-2H3,(H,68,75)/b20-18+,27-26-,30-29-,47-45+,55-53+. The fourth-order valence-electron chi connectivity index (χ4n) is 10.2. The van der Waals surface area contributed by atoms with E-state index in [4.69, 9.17) is 9.47 Å². The minimum atomic E-state index is -1.62. The van der Waals surface area contributed by atoms with Crippen molar-refractivity contribution in [1.29, 1.82) is 0 Å². The number of carbonyl (C=O) groups is 1. The third-order valence-corrected chi connectivity index (χ3v) is 15.4. The zero-order valence-electron chi connectivity index (χ0n) is 49.8. The molecule has 1 amide bonds. The lowest BCUT2D eigenvalue weighted by molar-refractivity contribution is -0.302. The number of amides is 1. The number of allylic oxidation sites excluding steroid dienone is 9. The van der Waals surface area contributed by atoms with Crippen molar-refractivity contribution in [3.8, 4) is 0 Å². The van der Waals surface area contributed by atoms with Gasteiger partial charge in [-0.3, -0.25) is 4.79 Å². The van der Waals surface area contributed by atoms with E-state index < -0.39 is 61.5 Å². The summed E-state index contributed by atoms with van der Waals surface area (Å²) in [4.78, 5) is 13.1. The number of hydrogen-bond donors (Lipinski definition) is 7. The summed E-state index contributed by atoms with van der Waals surface area (Å²) in [5.41, 5.74) is 0. The van der Waals surface area contributed by atoms with Crippen molar-refractivity contribution in [3.63, 3.8) is 0 Å². The summed E-state index contributed by atoms with van der Waals surface area (Å²) < 4.78 is 11.2. The van der Waals surface area contributed by atoms with Gasteiger partial charge in [0.1, 0.15) is 30.5 Å². The van der Waals surface area contributed by atoms with Crippen LogP contribution in [0.5, 0.6) is 0 Å². The van der Waals surface area contributed by atoms with Crippen LogP contribution in [-0.2, 0) is 14.3 Å². The first-order chi connectivity index (χ1) is 37.8. The van der Waals surface area contributed by atoms with E-state index in [1.807, 2.05) is 6.08 Å². The van der Waals surface area contributed by atoms with E-state index in [9.17, 15) is 35.4 Å². The maximum atomic E-state index is 13.1. The maximum Gasteiger partial charge on any atom is 0.249 e. The SMILES string of the molecule is CCCCCCCC/C=C/CC/C=C/CC/C=C/C(O)C(COC1OC(CO)C(O)C(O)C1O)NC(=O)C(O)CCCCCCCCCCCCCCCCCC/C=C\C/C=C\CCCCCCCCCCCCCCC. The molecule has 0 aromatic rings. The first-order valence-electron chi connectivity index (χ1n) is 32.6. The van der Waals surface area contributed by atoms with Gasteiger partial charge in [-0.15, -0.1) is 0 Å². The van der Waals surface area contributed by atoms with E-state index in [0.717, 1.165) is 51.4 Å². The van der Waals surface area contributed by atoms with Gasteiger partial charge in [0.05, 0.1) is 25.4 Å². The second kappa shape index (κ2) is 55.7. The van der Waals surface area contributed by atoms with Gasteiger partial charge in [-0.25, -0.2) is 0 Å². The van der Waals surface area contributed by atoms with E-state index in [1.54, 1.807) is 6.08 Å². The zero-order valence-corrected chi connectivity index (χ0v) is 49.8. The maximum absolute atomic E-state index is 13.1. The quantitative estimate of drug-likeness (QED) is 0.0232. The first-order valence-corrected chi connectivity index (χ1v) is 32.6. The summed E-state index contributed by atoms with van der Waals surface area (Å²) >= 11 is 0. The Morgan fingerprint density at radius 1 is 0.455 bits per heavy atom. The molecule has 0 spiro atoms. The minimum Gasteiger partial charge on any atom is -0.394 e. The smallest absolute Gasteiger partial charge is 0.249 e. The molecule has 0 aromatic carbocycles. The molecule has 1 aliphatic heterocycles. The lowest BCUT2D eigenvalue weighted by Gasteiger charge is -2.40. The molecule has 7 N–H and O–H groups in total. The van der Waals surface area contributed by atoms with Gasteiger partial charge < -0.3 is 45.4 Å². The number of unbranched alkanes of at least 4 members (excludes halogenated alkanes) is 37. The van der Waals surface area contributed by atoms with Crippen molar-refractivity contribution in [1.82, 2.24) is 5.32 Å². The van der Waals surface area contributed by atoms with Gasteiger partial charge in [-0.1, -0.05) is 280 Å². The van der Waals surface area contributed by atoms with Crippen molar-refractivity contribution in [3.05, 3.63) is 60.8 Å². The van der Waals surface area contributed by atoms with E-state index in [0.29, 0.717) is 19.3 Å². The van der Waals surface area contributed by atoms with Gasteiger partial charge in [-0.05, 0) is 77.0 Å². The third-order valence-electron chi connectivity index (χ3n) is 15.4. The molecule has 0 aliphatic carbocycles. The van der Waals surface area contributed by atoms with Gasteiger partial charge >= 0.3 is 0 Å². The molecular formula is C67H123NO9. The highest BCUT2D eigenvalue weighted by atomic mass is 16.7. The van der Waals surface area contributed by atoms with E-state index >= 15 is 0 Å². The number of aliphatic hydroxyl groups is 6. The normalized spacial score (nSPS) is 19.5. The largest absolute Gasteiger partial charge is 0.394 e. The van der Waals surface area contributed by atoms with Gasteiger partial charge in [0.25, 0.3) is 0 Å². The Morgan fingerprint density at radius 3 is 1.21 bits per heavy atom. The molecule has 10 heteroatoms. The number of aliphatic hydroxyl groups excluding tert-OH is 6. The monoisotopic (exact) mass is 1090 g/mol. The summed E-state index contributed by atoms with van der Waals surface area (Å²) in [6.07, 6.45) is 66.5. The predicted molar refractivity (Wildman–Crippen MR) is 324 cm³/mol. The molecule has 8 atom stereocenters. The fourth-order valence-corrected chi connectivity index (χ4v) is 10.2. The van der Waals surface area contributed by atoms with Crippen LogP contribution in [0.4, 0.5) is 0 Å². The van der Waals surface area contributed by atoms with Crippen LogP contribution in [0.25, 0.3) is 0 Å². The summed E-state index contributed by atoms with van der Waals surface area (Å²) in [5.74, 6) is -0.629.